The topological polar surface area (TPSA) is 17.1 Å². The van der Waals surface area contributed by atoms with Crippen LogP contribution in [-0.4, -0.2) is 6.29 Å². The first-order valence-electron chi connectivity index (χ1n) is 6.55. The fraction of sp³-hybridized carbons (Fsp3) is 0.353. The maximum Gasteiger partial charge on any atom is 0.150 e. The number of rotatable bonds is 3. The van der Waals surface area contributed by atoms with Crippen LogP contribution in [-0.2, 0) is 0 Å². The molecule has 1 heteroatoms. The lowest BCUT2D eigenvalue weighted by Gasteiger charge is -2.14. The predicted octanol–water partition coefficient (Wildman–Crippen LogP) is 4.90. The van der Waals surface area contributed by atoms with Gasteiger partial charge in [-0.15, -0.1) is 0 Å². The van der Waals surface area contributed by atoms with Crippen molar-refractivity contribution in [1.29, 1.82) is 0 Å². The summed E-state index contributed by atoms with van der Waals surface area (Å²) in [5.41, 5.74) is 3.38. The molecule has 18 heavy (non-hydrogen) atoms. The van der Waals surface area contributed by atoms with Crippen LogP contribution < -0.4 is 0 Å². The van der Waals surface area contributed by atoms with Crippen LogP contribution in [0.15, 0.2) is 30.3 Å². The van der Waals surface area contributed by atoms with E-state index in [2.05, 4.69) is 45.9 Å². The van der Waals surface area contributed by atoms with Gasteiger partial charge < -0.3 is 0 Å². The lowest BCUT2D eigenvalue weighted by molar-refractivity contribution is 0.112. The lowest BCUT2D eigenvalue weighted by atomic mass is 9.91. The molecule has 0 bridgehead atoms. The number of fused-ring (bicyclic) bond motifs is 1. The van der Waals surface area contributed by atoms with Crippen LogP contribution in [0.3, 0.4) is 0 Å². The van der Waals surface area contributed by atoms with Gasteiger partial charge in [0.25, 0.3) is 0 Å². The Labute approximate surface area is 109 Å². The highest BCUT2D eigenvalue weighted by atomic mass is 16.1. The molecule has 0 aliphatic heterocycles. The minimum absolute atomic E-state index is 0.426. The Hall–Kier alpha value is -1.63. The van der Waals surface area contributed by atoms with Crippen molar-refractivity contribution >= 4 is 17.1 Å². The van der Waals surface area contributed by atoms with Crippen LogP contribution >= 0.6 is 0 Å². The summed E-state index contributed by atoms with van der Waals surface area (Å²) in [5.74, 6) is 0.954. The smallest absolute Gasteiger partial charge is 0.150 e. The van der Waals surface area contributed by atoms with E-state index >= 15 is 0 Å². The second-order valence-electron chi connectivity index (χ2n) is 5.52. The molecule has 0 aromatic heterocycles. The quantitative estimate of drug-likeness (QED) is 0.697. The van der Waals surface area contributed by atoms with Gasteiger partial charge in [0, 0.05) is 5.56 Å². The van der Waals surface area contributed by atoms with Crippen LogP contribution in [0.1, 0.15) is 61.0 Å². The molecular formula is C17H20O. The van der Waals surface area contributed by atoms with Gasteiger partial charge in [-0.05, 0) is 45.9 Å². The molecule has 94 valence electrons. The van der Waals surface area contributed by atoms with Gasteiger partial charge in [-0.2, -0.15) is 0 Å². The molecule has 0 unspecified atom stereocenters. The number of hydrogen-bond acceptors (Lipinski definition) is 1. The van der Waals surface area contributed by atoms with E-state index in [-0.39, 0.29) is 0 Å². The Morgan fingerprint density at radius 3 is 2.22 bits per heavy atom. The van der Waals surface area contributed by atoms with Gasteiger partial charge in [-0.3, -0.25) is 4.79 Å². The zero-order valence-electron chi connectivity index (χ0n) is 11.5. The van der Waals surface area contributed by atoms with Crippen molar-refractivity contribution in [1.82, 2.24) is 0 Å². The molecule has 0 N–H and O–H groups in total. The summed E-state index contributed by atoms with van der Waals surface area (Å²) in [4.78, 5) is 11.0. The predicted molar refractivity (Wildman–Crippen MR) is 77.5 cm³/mol. The molecule has 1 nitrogen and oxygen atoms in total. The summed E-state index contributed by atoms with van der Waals surface area (Å²) in [5, 5.41) is 2.44. The average molecular weight is 240 g/mol. The van der Waals surface area contributed by atoms with Crippen molar-refractivity contribution in [3.63, 3.8) is 0 Å². The molecule has 0 fully saturated rings. The molecule has 0 spiro atoms. The number of carbonyl (C=O) groups excluding carboxylic acids is 1. The molecule has 0 aliphatic carbocycles. The third kappa shape index (κ3) is 2.31. The van der Waals surface area contributed by atoms with Crippen molar-refractivity contribution in [2.24, 2.45) is 0 Å². The normalized spacial score (nSPS) is 11.4. The van der Waals surface area contributed by atoms with Gasteiger partial charge in [-0.25, -0.2) is 0 Å². The van der Waals surface area contributed by atoms with Gasteiger partial charge in [0.05, 0.1) is 0 Å². The van der Waals surface area contributed by atoms with E-state index in [1.807, 2.05) is 12.1 Å². The average Bonchev–Trinajstić information content (AvgIpc) is 2.36. The van der Waals surface area contributed by atoms with E-state index in [0.717, 1.165) is 17.2 Å². The molecule has 2 aromatic rings. The van der Waals surface area contributed by atoms with Crippen molar-refractivity contribution in [2.45, 2.75) is 39.5 Å². The van der Waals surface area contributed by atoms with Crippen molar-refractivity contribution in [3.8, 4) is 0 Å². The Balaban J connectivity index is 2.75. The van der Waals surface area contributed by atoms with Crippen LogP contribution in [0.5, 0.6) is 0 Å². The summed E-state index contributed by atoms with van der Waals surface area (Å²) in [7, 11) is 0. The van der Waals surface area contributed by atoms with Crippen molar-refractivity contribution in [2.75, 3.05) is 0 Å². The Morgan fingerprint density at radius 1 is 0.944 bits per heavy atom. The molecule has 2 rings (SSSR count). The molecule has 0 saturated heterocycles. The van der Waals surface area contributed by atoms with E-state index in [4.69, 9.17) is 0 Å². The fourth-order valence-corrected chi connectivity index (χ4v) is 2.33. The molecule has 0 radical (unpaired) electrons. The number of benzene rings is 2. The Kier molecular flexibility index (Phi) is 3.51. The van der Waals surface area contributed by atoms with Crippen LogP contribution in [0.2, 0.25) is 0 Å². The van der Waals surface area contributed by atoms with E-state index < -0.39 is 0 Å². The Morgan fingerprint density at radius 2 is 1.67 bits per heavy atom. The molecule has 0 atom stereocenters. The van der Waals surface area contributed by atoms with Crippen molar-refractivity contribution in [3.05, 3.63) is 47.0 Å². The SMILES string of the molecule is CC(C)c1ccc2cc(C=O)cc(C(C)C)c2c1. The Bertz CT molecular complexity index is 579. The maximum absolute atomic E-state index is 11.0. The number of aldehydes is 1. The summed E-state index contributed by atoms with van der Waals surface area (Å²) in [6.45, 7) is 8.75. The van der Waals surface area contributed by atoms with E-state index in [9.17, 15) is 4.79 Å². The van der Waals surface area contributed by atoms with Crippen molar-refractivity contribution < 1.29 is 4.79 Å². The zero-order valence-corrected chi connectivity index (χ0v) is 11.5. The summed E-state index contributed by atoms with van der Waals surface area (Å²) < 4.78 is 0. The highest BCUT2D eigenvalue weighted by Crippen LogP contribution is 2.29. The first-order chi connectivity index (χ1) is 8.52. The monoisotopic (exact) mass is 240 g/mol. The minimum atomic E-state index is 0.426. The molecule has 0 heterocycles. The highest BCUT2D eigenvalue weighted by Gasteiger charge is 2.09. The number of hydrogen-bond donors (Lipinski definition) is 0. The second-order valence-corrected chi connectivity index (χ2v) is 5.52. The summed E-state index contributed by atoms with van der Waals surface area (Å²) in [6.07, 6.45) is 0.932. The van der Waals surface area contributed by atoms with Gasteiger partial charge in [-0.1, -0.05) is 45.9 Å². The lowest BCUT2D eigenvalue weighted by Crippen LogP contribution is -1.95. The van der Waals surface area contributed by atoms with Gasteiger partial charge >= 0.3 is 0 Å². The van der Waals surface area contributed by atoms with E-state index in [1.165, 1.54) is 16.5 Å². The fourth-order valence-electron chi connectivity index (χ4n) is 2.33. The van der Waals surface area contributed by atoms with Gasteiger partial charge in [0.2, 0.25) is 0 Å². The molecule has 0 saturated carbocycles. The second kappa shape index (κ2) is 4.93. The van der Waals surface area contributed by atoms with Gasteiger partial charge in [0.15, 0.2) is 0 Å². The van der Waals surface area contributed by atoms with Crippen LogP contribution in [0, 0.1) is 0 Å². The summed E-state index contributed by atoms with van der Waals surface area (Å²) >= 11 is 0. The third-order valence-corrected chi connectivity index (χ3v) is 3.46. The first-order valence-corrected chi connectivity index (χ1v) is 6.55. The standard InChI is InChI=1S/C17H20O/c1-11(2)14-5-6-15-7-13(10-18)8-16(12(3)4)17(15)9-14/h5-12H,1-4H3. The largest absolute Gasteiger partial charge is 0.298 e. The minimum Gasteiger partial charge on any atom is -0.298 e. The number of carbonyl (C=O) groups is 1. The summed E-state index contributed by atoms with van der Waals surface area (Å²) in [6, 6.07) is 10.5. The first kappa shape index (κ1) is 12.8. The van der Waals surface area contributed by atoms with Crippen LogP contribution in [0.25, 0.3) is 10.8 Å². The molecular weight excluding hydrogens is 220 g/mol. The maximum atomic E-state index is 11.0. The highest BCUT2D eigenvalue weighted by molar-refractivity contribution is 5.92. The van der Waals surface area contributed by atoms with Gasteiger partial charge in [0.1, 0.15) is 6.29 Å². The van der Waals surface area contributed by atoms with Crippen LogP contribution in [0.4, 0.5) is 0 Å². The molecule has 2 aromatic carbocycles. The zero-order chi connectivity index (χ0) is 13.3. The molecule has 0 amide bonds. The van der Waals surface area contributed by atoms with E-state index in [1.54, 1.807) is 0 Å². The van der Waals surface area contributed by atoms with E-state index in [0.29, 0.717) is 11.8 Å². The third-order valence-electron chi connectivity index (χ3n) is 3.46. The molecule has 0 aliphatic rings.